The fourth-order valence-corrected chi connectivity index (χ4v) is 3.33. The molecule has 0 spiro atoms. The van der Waals surface area contributed by atoms with Gasteiger partial charge < -0.3 is 19.9 Å². The van der Waals surface area contributed by atoms with Crippen molar-refractivity contribution in [3.63, 3.8) is 0 Å². The number of likely N-dealkylation sites (N-methyl/N-ethyl adjacent to an activating group) is 1. The number of piperazine rings is 1. The smallest absolute Gasteiger partial charge is 0.263 e. The van der Waals surface area contributed by atoms with Crippen LogP contribution < -0.4 is 15.0 Å². The maximum Gasteiger partial charge on any atom is 0.263 e. The number of ether oxygens (including phenoxy) is 1. The molecule has 1 aliphatic heterocycles. The molecule has 7 nitrogen and oxygen atoms in total. The van der Waals surface area contributed by atoms with Gasteiger partial charge in [0.05, 0.1) is 0 Å². The highest BCUT2D eigenvalue weighted by atomic mass is 16.5. The number of hydrogen-bond acceptors (Lipinski definition) is 6. The summed E-state index contributed by atoms with van der Waals surface area (Å²) < 4.78 is 5.62. The Kier molecular flexibility index (Phi) is 6.20. The second-order valence-corrected chi connectivity index (χ2v) is 7.28. The van der Waals surface area contributed by atoms with Crippen LogP contribution in [0.15, 0.2) is 67.0 Å². The van der Waals surface area contributed by atoms with E-state index in [2.05, 4.69) is 44.3 Å². The highest BCUT2D eigenvalue weighted by molar-refractivity contribution is 5.91. The standard InChI is InChI=1S/C23H25N5O2/c1-27-11-13-28(14-12-27)22-15-21(24-17-25-22)26-23(29)16-30-20-9-7-19(8-10-20)18-5-3-2-4-6-18/h2-10,15,17H,11-14,16H2,1H3,(H,24,25,26,29). The predicted molar refractivity (Wildman–Crippen MR) is 118 cm³/mol. The maximum absolute atomic E-state index is 12.3. The topological polar surface area (TPSA) is 70.6 Å². The molecular weight excluding hydrogens is 378 g/mol. The van der Waals surface area contributed by atoms with E-state index in [0.29, 0.717) is 11.6 Å². The van der Waals surface area contributed by atoms with Crippen LogP contribution >= 0.6 is 0 Å². The largest absolute Gasteiger partial charge is 0.484 e. The van der Waals surface area contributed by atoms with Crippen LogP contribution in [0.3, 0.4) is 0 Å². The van der Waals surface area contributed by atoms with Crippen molar-refractivity contribution in [2.45, 2.75) is 0 Å². The number of amides is 1. The molecule has 4 rings (SSSR count). The number of nitrogens with one attached hydrogen (secondary N) is 1. The first kappa shape index (κ1) is 19.8. The van der Waals surface area contributed by atoms with E-state index in [9.17, 15) is 4.79 Å². The van der Waals surface area contributed by atoms with Crippen molar-refractivity contribution in [3.05, 3.63) is 67.0 Å². The number of nitrogens with zero attached hydrogens (tertiary/aromatic N) is 4. The molecular formula is C23H25N5O2. The number of benzene rings is 2. The lowest BCUT2D eigenvalue weighted by molar-refractivity contribution is -0.118. The zero-order valence-corrected chi connectivity index (χ0v) is 17.0. The van der Waals surface area contributed by atoms with Crippen molar-refractivity contribution in [3.8, 4) is 16.9 Å². The molecule has 1 saturated heterocycles. The summed E-state index contributed by atoms with van der Waals surface area (Å²) in [5.41, 5.74) is 2.24. The lowest BCUT2D eigenvalue weighted by Gasteiger charge is -2.33. The molecule has 2 heterocycles. The van der Waals surface area contributed by atoms with Crippen LogP contribution in [-0.2, 0) is 4.79 Å². The first-order valence-electron chi connectivity index (χ1n) is 10.0. The van der Waals surface area contributed by atoms with E-state index >= 15 is 0 Å². The first-order chi connectivity index (χ1) is 14.7. The van der Waals surface area contributed by atoms with Gasteiger partial charge in [-0.05, 0) is 30.3 Å². The second-order valence-electron chi connectivity index (χ2n) is 7.28. The molecule has 1 amide bonds. The molecule has 0 atom stereocenters. The van der Waals surface area contributed by atoms with Crippen LogP contribution in [0.5, 0.6) is 5.75 Å². The van der Waals surface area contributed by atoms with E-state index in [-0.39, 0.29) is 12.5 Å². The summed E-state index contributed by atoms with van der Waals surface area (Å²) in [7, 11) is 2.11. The van der Waals surface area contributed by atoms with Gasteiger partial charge in [0.15, 0.2) is 6.61 Å². The van der Waals surface area contributed by atoms with Crippen molar-refractivity contribution in [2.24, 2.45) is 0 Å². The number of aromatic nitrogens is 2. The Morgan fingerprint density at radius 3 is 2.40 bits per heavy atom. The number of rotatable bonds is 6. The van der Waals surface area contributed by atoms with Gasteiger partial charge in [0.25, 0.3) is 5.91 Å². The van der Waals surface area contributed by atoms with Crippen LogP contribution in [0.4, 0.5) is 11.6 Å². The SMILES string of the molecule is CN1CCN(c2cc(NC(=O)COc3ccc(-c4ccccc4)cc3)ncn2)CC1. The summed E-state index contributed by atoms with van der Waals surface area (Å²) >= 11 is 0. The summed E-state index contributed by atoms with van der Waals surface area (Å²) in [6, 6.07) is 19.6. The lowest BCUT2D eigenvalue weighted by Crippen LogP contribution is -2.44. The Labute approximate surface area is 176 Å². The van der Waals surface area contributed by atoms with Crippen molar-refractivity contribution in [1.82, 2.24) is 14.9 Å². The molecule has 0 aliphatic carbocycles. The van der Waals surface area contributed by atoms with Crippen LogP contribution in [0.2, 0.25) is 0 Å². The van der Waals surface area contributed by atoms with E-state index in [1.807, 2.05) is 42.5 Å². The molecule has 0 saturated carbocycles. The molecule has 3 aromatic rings. The fourth-order valence-electron chi connectivity index (χ4n) is 3.33. The van der Waals surface area contributed by atoms with Crippen molar-refractivity contribution < 1.29 is 9.53 Å². The minimum absolute atomic E-state index is 0.0848. The molecule has 2 aromatic carbocycles. The molecule has 7 heteroatoms. The third kappa shape index (κ3) is 5.12. The average molecular weight is 403 g/mol. The fraction of sp³-hybridized carbons (Fsp3) is 0.261. The molecule has 1 N–H and O–H groups in total. The first-order valence-corrected chi connectivity index (χ1v) is 10.0. The number of carbonyl (C=O) groups excluding carboxylic acids is 1. The Morgan fingerprint density at radius 1 is 0.967 bits per heavy atom. The molecule has 30 heavy (non-hydrogen) atoms. The van der Waals surface area contributed by atoms with Gasteiger partial charge in [-0.2, -0.15) is 0 Å². The highest BCUT2D eigenvalue weighted by Gasteiger charge is 2.16. The van der Waals surface area contributed by atoms with E-state index in [0.717, 1.165) is 43.1 Å². The van der Waals surface area contributed by atoms with Crippen molar-refractivity contribution in [2.75, 3.05) is 50.1 Å². The Morgan fingerprint density at radius 2 is 1.67 bits per heavy atom. The summed E-state index contributed by atoms with van der Waals surface area (Å²) in [5, 5.41) is 2.79. The lowest BCUT2D eigenvalue weighted by atomic mass is 10.1. The highest BCUT2D eigenvalue weighted by Crippen LogP contribution is 2.22. The van der Waals surface area contributed by atoms with Gasteiger partial charge in [-0.25, -0.2) is 9.97 Å². The Balaban J connectivity index is 1.30. The predicted octanol–water partition coefficient (Wildman–Crippen LogP) is 2.91. The summed E-state index contributed by atoms with van der Waals surface area (Å²) in [6.45, 7) is 3.70. The van der Waals surface area contributed by atoms with E-state index in [1.54, 1.807) is 6.07 Å². The quantitative estimate of drug-likeness (QED) is 0.683. The molecule has 0 radical (unpaired) electrons. The third-order valence-corrected chi connectivity index (χ3v) is 5.08. The molecule has 154 valence electrons. The molecule has 1 fully saturated rings. The summed E-state index contributed by atoms with van der Waals surface area (Å²) in [4.78, 5) is 25.3. The van der Waals surface area contributed by atoms with Gasteiger partial charge in [0.2, 0.25) is 0 Å². The van der Waals surface area contributed by atoms with E-state index in [4.69, 9.17) is 4.74 Å². The van der Waals surface area contributed by atoms with Crippen LogP contribution in [-0.4, -0.2) is 60.6 Å². The molecule has 1 aliphatic rings. The minimum atomic E-state index is -0.259. The third-order valence-electron chi connectivity index (χ3n) is 5.08. The second kappa shape index (κ2) is 9.37. The number of anilines is 2. The molecule has 0 unspecified atom stereocenters. The van der Waals surface area contributed by atoms with E-state index < -0.39 is 0 Å². The Hall–Kier alpha value is -3.45. The maximum atomic E-state index is 12.3. The van der Waals surface area contributed by atoms with Crippen LogP contribution in [0.1, 0.15) is 0 Å². The van der Waals surface area contributed by atoms with Gasteiger partial charge >= 0.3 is 0 Å². The van der Waals surface area contributed by atoms with Gasteiger partial charge in [-0.15, -0.1) is 0 Å². The van der Waals surface area contributed by atoms with Crippen molar-refractivity contribution >= 4 is 17.5 Å². The van der Waals surface area contributed by atoms with E-state index in [1.165, 1.54) is 6.33 Å². The van der Waals surface area contributed by atoms with Crippen molar-refractivity contribution in [1.29, 1.82) is 0 Å². The Bertz CT molecular complexity index is 970. The normalized spacial score (nSPS) is 14.4. The summed E-state index contributed by atoms with van der Waals surface area (Å²) in [5.74, 6) is 1.69. The zero-order valence-electron chi connectivity index (χ0n) is 17.0. The zero-order chi connectivity index (χ0) is 20.8. The summed E-state index contributed by atoms with van der Waals surface area (Å²) in [6.07, 6.45) is 1.48. The van der Waals surface area contributed by atoms with Gasteiger partial charge in [0.1, 0.15) is 23.7 Å². The monoisotopic (exact) mass is 403 g/mol. The van der Waals surface area contributed by atoms with Gasteiger partial charge in [-0.3, -0.25) is 4.79 Å². The van der Waals surface area contributed by atoms with Gasteiger partial charge in [0, 0.05) is 32.2 Å². The van der Waals surface area contributed by atoms with Crippen LogP contribution in [0.25, 0.3) is 11.1 Å². The van der Waals surface area contributed by atoms with Crippen LogP contribution in [0, 0.1) is 0 Å². The number of hydrogen-bond donors (Lipinski definition) is 1. The average Bonchev–Trinajstić information content (AvgIpc) is 2.79. The minimum Gasteiger partial charge on any atom is -0.484 e. The molecule has 1 aromatic heterocycles. The van der Waals surface area contributed by atoms with Gasteiger partial charge in [-0.1, -0.05) is 42.5 Å². The number of carbonyl (C=O) groups is 1. The molecule has 0 bridgehead atoms.